The highest BCUT2D eigenvalue weighted by molar-refractivity contribution is 5.91. The van der Waals surface area contributed by atoms with Gasteiger partial charge in [0.1, 0.15) is 5.60 Å². The summed E-state index contributed by atoms with van der Waals surface area (Å²) in [4.78, 5) is 17.5. The monoisotopic (exact) mass is 453 g/mol. The van der Waals surface area contributed by atoms with Gasteiger partial charge in [0.15, 0.2) is 0 Å². The molecular weight excluding hydrogens is 422 g/mol. The quantitative estimate of drug-likeness (QED) is 0.338. The number of aromatic nitrogens is 2. The van der Waals surface area contributed by atoms with Gasteiger partial charge in [-0.2, -0.15) is 5.26 Å². The SMILES string of the molecule is CCc1cc2ccc(C(C)(C#N)Cc3cccc4c3ccn4C(=O)OC(C)(C)C)cc2nc1C. The Bertz CT molecular complexity index is 1440. The molecule has 0 aliphatic heterocycles. The van der Waals surface area contributed by atoms with Crippen molar-refractivity contribution in [3.63, 3.8) is 0 Å². The lowest BCUT2D eigenvalue weighted by atomic mass is 9.77. The predicted molar refractivity (Wildman–Crippen MR) is 136 cm³/mol. The van der Waals surface area contributed by atoms with Crippen LogP contribution in [0.1, 0.15) is 57.0 Å². The minimum absolute atomic E-state index is 0.412. The molecule has 0 fully saturated rings. The third kappa shape index (κ3) is 4.41. The summed E-state index contributed by atoms with van der Waals surface area (Å²) in [6.45, 7) is 11.7. The van der Waals surface area contributed by atoms with Crippen LogP contribution in [0.15, 0.2) is 54.7 Å². The molecule has 5 heteroatoms. The minimum atomic E-state index is -0.754. The summed E-state index contributed by atoms with van der Waals surface area (Å²) in [5, 5.41) is 12.3. The molecule has 4 aromatic rings. The molecule has 34 heavy (non-hydrogen) atoms. The van der Waals surface area contributed by atoms with Gasteiger partial charge in [-0.1, -0.05) is 31.2 Å². The van der Waals surface area contributed by atoms with Crippen LogP contribution in [0, 0.1) is 18.3 Å². The first kappa shape index (κ1) is 23.5. The number of nitrogens with zero attached hydrogens (tertiary/aromatic N) is 3. The Morgan fingerprint density at radius 2 is 1.85 bits per heavy atom. The Hall–Kier alpha value is -3.65. The van der Waals surface area contributed by atoms with E-state index in [9.17, 15) is 10.1 Å². The Balaban J connectivity index is 1.72. The van der Waals surface area contributed by atoms with Crippen LogP contribution in [0.25, 0.3) is 21.8 Å². The number of nitriles is 1. The maximum Gasteiger partial charge on any atom is 0.418 e. The molecule has 0 saturated heterocycles. The van der Waals surface area contributed by atoms with Gasteiger partial charge >= 0.3 is 6.09 Å². The first-order chi connectivity index (χ1) is 16.0. The average Bonchev–Trinajstić information content (AvgIpc) is 3.22. The zero-order chi connectivity index (χ0) is 24.7. The lowest BCUT2D eigenvalue weighted by Gasteiger charge is -2.23. The number of aryl methyl sites for hydroxylation is 2. The lowest BCUT2D eigenvalue weighted by molar-refractivity contribution is 0.0544. The van der Waals surface area contributed by atoms with E-state index in [0.717, 1.165) is 45.0 Å². The standard InChI is InChI=1S/C29H31N3O2/c1-7-20-15-21-11-12-23(16-25(21)31-19(20)2)29(6,18-30)17-22-9-8-10-26-24(22)13-14-32(26)27(33)34-28(3,4)5/h8-16H,7,17H2,1-6H3. The van der Waals surface area contributed by atoms with Crippen LogP contribution in [0.4, 0.5) is 4.79 Å². The van der Waals surface area contributed by atoms with Gasteiger partial charge in [-0.05, 0) is 88.4 Å². The van der Waals surface area contributed by atoms with Crippen LogP contribution < -0.4 is 0 Å². The zero-order valence-corrected chi connectivity index (χ0v) is 20.8. The van der Waals surface area contributed by atoms with Crippen molar-refractivity contribution < 1.29 is 9.53 Å². The fourth-order valence-electron chi connectivity index (χ4n) is 4.45. The second-order valence-electron chi connectivity index (χ2n) is 10.1. The molecule has 0 aliphatic carbocycles. The van der Waals surface area contributed by atoms with Crippen molar-refractivity contribution in [1.29, 1.82) is 5.26 Å². The molecule has 0 radical (unpaired) electrons. The zero-order valence-electron chi connectivity index (χ0n) is 20.8. The number of carbonyl (C=O) groups is 1. The van der Waals surface area contributed by atoms with Crippen molar-refractivity contribution >= 4 is 27.9 Å². The highest BCUT2D eigenvalue weighted by atomic mass is 16.6. The van der Waals surface area contributed by atoms with E-state index in [1.165, 1.54) is 10.1 Å². The van der Waals surface area contributed by atoms with Crippen molar-refractivity contribution in [3.05, 3.63) is 77.1 Å². The van der Waals surface area contributed by atoms with E-state index in [-0.39, 0.29) is 0 Å². The summed E-state index contributed by atoms with van der Waals surface area (Å²) in [6.07, 6.45) is 2.78. The summed E-state index contributed by atoms with van der Waals surface area (Å²) in [6, 6.07) is 18.6. The van der Waals surface area contributed by atoms with E-state index in [4.69, 9.17) is 9.72 Å². The number of hydrogen-bond donors (Lipinski definition) is 0. The maximum absolute atomic E-state index is 12.7. The van der Waals surface area contributed by atoms with Crippen molar-refractivity contribution in [1.82, 2.24) is 9.55 Å². The Labute approximate surface area is 201 Å². The summed E-state index contributed by atoms with van der Waals surface area (Å²) in [7, 11) is 0. The van der Waals surface area contributed by atoms with E-state index in [0.29, 0.717) is 6.42 Å². The molecule has 0 spiro atoms. The number of ether oxygens (including phenoxy) is 1. The molecule has 2 aromatic heterocycles. The van der Waals surface area contributed by atoms with E-state index in [1.807, 2.05) is 71.0 Å². The largest absolute Gasteiger partial charge is 0.443 e. The first-order valence-corrected chi connectivity index (χ1v) is 11.7. The fourth-order valence-corrected chi connectivity index (χ4v) is 4.45. The first-order valence-electron chi connectivity index (χ1n) is 11.7. The molecule has 2 heterocycles. The van der Waals surface area contributed by atoms with Crippen LogP contribution in [0.2, 0.25) is 0 Å². The second kappa shape index (κ2) is 8.61. The van der Waals surface area contributed by atoms with Crippen molar-refractivity contribution in [2.45, 2.75) is 65.4 Å². The summed E-state index contributed by atoms with van der Waals surface area (Å²) >= 11 is 0. The van der Waals surface area contributed by atoms with Crippen molar-refractivity contribution in [2.24, 2.45) is 0 Å². The molecular formula is C29H31N3O2. The van der Waals surface area contributed by atoms with Crippen LogP contribution >= 0.6 is 0 Å². The molecule has 0 aliphatic rings. The summed E-state index contributed by atoms with van der Waals surface area (Å²) in [5.74, 6) is 0. The normalized spacial score (nSPS) is 13.6. The number of rotatable bonds is 4. The number of carbonyl (C=O) groups excluding carboxylic acids is 1. The lowest BCUT2D eigenvalue weighted by Crippen LogP contribution is -2.26. The molecule has 0 saturated carbocycles. The number of pyridine rings is 1. The topological polar surface area (TPSA) is 67.9 Å². The van der Waals surface area contributed by atoms with Crippen LogP contribution in [0.3, 0.4) is 0 Å². The highest BCUT2D eigenvalue weighted by Crippen LogP contribution is 2.33. The predicted octanol–water partition coefficient (Wildman–Crippen LogP) is 6.87. The minimum Gasteiger partial charge on any atom is -0.443 e. The Kier molecular flexibility index (Phi) is 5.95. The van der Waals surface area contributed by atoms with E-state index in [1.54, 1.807) is 6.20 Å². The number of fused-ring (bicyclic) bond motifs is 2. The van der Waals surface area contributed by atoms with Gasteiger partial charge < -0.3 is 4.74 Å². The second-order valence-corrected chi connectivity index (χ2v) is 10.1. The fraction of sp³-hybridized carbons (Fsp3) is 0.345. The molecule has 5 nitrogen and oxygen atoms in total. The molecule has 0 amide bonds. The average molecular weight is 454 g/mol. The maximum atomic E-state index is 12.7. The number of benzene rings is 2. The molecule has 4 rings (SSSR count). The smallest absolute Gasteiger partial charge is 0.418 e. The van der Waals surface area contributed by atoms with E-state index in [2.05, 4.69) is 25.1 Å². The molecule has 2 aromatic carbocycles. The van der Waals surface area contributed by atoms with Gasteiger partial charge in [0.25, 0.3) is 0 Å². The van der Waals surface area contributed by atoms with Gasteiger partial charge in [0.05, 0.1) is 22.5 Å². The van der Waals surface area contributed by atoms with Gasteiger partial charge in [-0.3, -0.25) is 9.55 Å². The van der Waals surface area contributed by atoms with Crippen LogP contribution in [-0.2, 0) is 23.0 Å². The van der Waals surface area contributed by atoms with Gasteiger partial charge in [0, 0.05) is 22.7 Å². The van der Waals surface area contributed by atoms with E-state index >= 15 is 0 Å². The summed E-state index contributed by atoms with van der Waals surface area (Å²) in [5.41, 5.74) is 4.55. The molecule has 174 valence electrons. The van der Waals surface area contributed by atoms with Crippen LogP contribution in [-0.4, -0.2) is 21.2 Å². The number of hydrogen-bond acceptors (Lipinski definition) is 4. The Morgan fingerprint density at radius 1 is 1.09 bits per heavy atom. The third-order valence-corrected chi connectivity index (χ3v) is 6.34. The molecule has 1 unspecified atom stereocenters. The van der Waals surface area contributed by atoms with Gasteiger partial charge in [-0.25, -0.2) is 4.79 Å². The van der Waals surface area contributed by atoms with Crippen LogP contribution in [0.5, 0.6) is 0 Å². The van der Waals surface area contributed by atoms with Crippen molar-refractivity contribution in [3.8, 4) is 6.07 Å². The van der Waals surface area contributed by atoms with Gasteiger partial charge in [-0.15, -0.1) is 0 Å². The highest BCUT2D eigenvalue weighted by Gasteiger charge is 2.29. The summed E-state index contributed by atoms with van der Waals surface area (Å²) < 4.78 is 7.08. The van der Waals surface area contributed by atoms with Crippen molar-refractivity contribution in [2.75, 3.05) is 0 Å². The molecule has 0 N–H and O–H groups in total. The van der Waals surface area contributed by atoms with E-state index < -0.39 is 17.1 Å². The Morgan fingerprint density at radius 3 is 2.53 bits per heavy atom. The molecule has 0 bridgehead atoms. The van der Waals surface area contributed by atoms with Gasteiger partial charge in [0.2, 0.25) is 0 Å². The molecule has 1 atom stereocenters. The third-order valence-electron chi connectivity index (χ3n) is 6.34.